The second-order valence-electron chi connectivity index (χ2n) is 6.97. The average molecular weight is 393 g/mol. The maximum atomic E-state index is 11.9. The zero-order valence-corrected chi connectivity index (χ0v) is 16.6. The zero-order chi connectivity index (χ0) is 18.1. The fourth-order valence-corrected chi connectivity index (χ4v) is 4.55. The number of carbonyl (C=O) groups excluding carboxylic acids is 1. The molecule has 4 rings (SSSR count). The van der Waals surface area contributed by atoms with Crippen LogP contribution in [0, 0.1) is 10.7 Å². The largest absolute Gasteiger partial charge is 0.466 e. The maximum absolute atomic E-state index is 11.9. The molecule has 2 aromatic rings. The molecule has 3 heterocycles. The van der Waals surface area contributed by atoms with Crippen molar-refractivity contribution < 1.29 is 9.53 Å². The molecule has 2 aliphatic rings. The van der Waals surface area contributed by atoms with E-state index in [4.69, 9.17) is 22.1 Å². The fraction of sp³-hybridized carbons (Fsp3) is 0.611. The van der Waals surface area contributed by atoms with E-state index in [-0.39, 0.29) is 11.9 Å². The van der Waals surface area contributed by atoms with Crippen LogP contribution in [-0.2, 0) is 16.2 Å². The standard InChI is InChI=1S/C18H24N4O2S2/c1-2-24-17(23)13-7-9-20(10-8-13)12-21-18(25)22(14-5-6-14)16(19-21)15-4-3-11-26-15/h3-4,11,13-14H,2,5-10,12H2,1H3. The summed E-state index contributed by atoms with van der Waals surface area (Å²) >= 11 is 7.44. The Kier molecular flexibility index (Phi) is 5.24. The number of aromatic nitrogens is 3. The Bertz CT molecular complexity index is 815. The van der Waals surface area contributed by atoms with Crippen molar-refractivity contribution in [2.24, 2.45) is 5.92 Å². The number of esters is 1. The minimum Gasteiger partial charge on any atom is -0.466 e. The van der Waals surface area contributed by atoms with Crippen LogP contribution >= 0.6 is 23.6 Å². The van der Waals surface area contributed by atoms with Crippen molar-refractivity contribution in [2.75, 3.05) is 19.7 Å². The summed E-state index contributed by atoms with van der Waals surface area (Å²) in [6, 6.07) is 4.66. The Morgan fingerprint density at radius 3 is 2.73 bits per heavy atom. The van der Waals surface area contributed by atoms with Gasteiger partial charge in [-0.2, -0.15) is 0 Å². The first-order valence-corrected chi connectivity index (χ1v) is 10.6. The van der Waals surface area contributed by atoms with Crippen LogP contribution in [0.15, 0.2) is 17.5 Å². The number of nitrogens with zero attached hydrogens (tertiary/aromatic N) is 4. The summed E-state index contributed by atoms with van der Waals surface area (Å²) in [5.74, 6) is 0.973. The molecule has 8 heteroatoms. The van der Waals surface area contributed by atoms with Crippen molar-refractivity contribution in [2.45, 2.75) is 45.3 Å². The molecule has 1 saturated heterocycles. The number of hydrogen-bond acceptors (Lipinski definition) is 6. The molecule has 2 aromatic heterocycles. The summed E-state index contributed by atoms with van der Waals surface area (Å²) in [5.41, 5.74) is 0. The zero-order valence-electron chi connectivity index (χ0n) is 15.0. The Hall–Kier alpha value is -1.51. The first-order valence-electron chi connectivity index (χ1n) is 9.29. The molecule has 1 aliphatic heterocycles. The second kappa shape index (κ2) is 7.62. The molecule has 1 saturated carbocycles. The summed E-state index contributed by atoms with van der Waals surface area (Å²) in [5, 5.41) is 6.92. The first kappa shape index (κ1) is 17.9. The van der Waals surface area contributed by atoms with E-state index in [1.54, 1.807) is 11.3 Å². The van der Waals surface area contributed by atoms with Gasteiger partial charge in [-0.15, -0.1) is 16.4 Å². The molecule has 6 nitrogen and oxygen atoms in total. The van der Waals surface area contributed by atoms with Crippen LogP contribution in [0.2, 0.25) is 0 Å². The molecule has 0 radical (unpaired) electrons. The normalized spacial score (nSPS) is 19.0. The van der Waals surface area contributed by atoms with E-state index in [9.17, 15) is 4.79 Å². The fourth-order valence-electron chi connectivity index (χ4n) is 3.51. The molecule has 1 aliphatic carbocycles. The van der Waals surface area contributed by atoms with Gasteiger partial charge in [0, 0.05) is 19.1 Å². The maximum Gasteiger partial charge on any atom is 0.309 e. The number of likely N-dealkylation sites (tertiary alicyclic amines) is 1. The van der Waals surface area contributed by atoms with Crippen LogP contribution in [0.1, 0.15) is 38.6 Å². The van der Waals surface area contributed by atoms with Crippen molar-refractivity contribution in [3.63, 3.8) is 0 Å². The van der Waals surface area contributed by atoms with Gasteiger partial charge in [0.1, 0.15) is 0 Å². The van der Waals surface area contributed by atoms with E-state index in [2.05, 4.69) is 27.0 Å². The monoisotopic (exact) mass is 392 g/mol. The van der Waals surface area contributed by atoms with E-state index < -0.39 is 0 Å². The quantitative estimate of drug-likeness (QED) is 0.554. The summed E-state index contributed by atoms with van der Waals surface area (Å²) in [6.45, 7) is 4.74. The van der Waals surface area contributed by atoms with Crippen molar-refractivity contribution in [1.82, 2.24) is 19.2 Å². The minimum atomic E-state index is -0.0539. The third-order valence-electron chi connectivity index (χ3n) is 5.07. The highest BCUT2D eigenvalue weighted by atomic mass is 32.1. The number of carbonyl (C=O) groups is 1. The molecular formula is C18H24N4O2S2. The minimum absolute atomic E-state index is 0.0323. The third-order valence-corrected chi connectivity index (χ3v) is 6.34. The molecule has 26 heavy (non-hydrogen) atoms. The second-order valence-corrected chi connectivity index (χ2v) is 8.28. The lowest BCUT2D eigenvalue weighted by Gasteiger charge is -2.30. The van der Waals surface area contributed by atoms with Gasteiger partial charge in [0.15, 0.2) is 10.6 Å². The van der Waals surface area contributed by atoms with E-state index >= 15 is 0 Å². The van der Waals surface area contributed by atoms with Gasteiger partial charge in [0.05, 0.1) is 24.1 Å². The van der Waals surface area contributed by atoms with Gasteiger partial charge >= 0.3 is 5.97 Å². The van der Waals surface area contributed by atoms with Gasteiger partial charge in [0.2, 0.25) is 0 Å². The lowest BCUT2D eigenvalue weighted by molar-refractivity contribution is -0.149. The highest BCUT2D eigenvalue weighted by Gasteiger charge is 2.30. The predicted molar refractivity (Wildman–Crippen MR) is 104 cm³/mol. The predicted octanol–water partition coefficient (Wildman–Crippen LogP) is 3.71. The molecule has 0 atom stereocenters. The highest BCUT2D eigenvalue weighted by molar-refractivity contribution is 7.71. The summed E-state index contributed by atoms with van der Waals surface area (Å²) in [6.07, 6.45) is 4.05. The lowest BCUT2D eigenvalue weighted by atomic mass is 9.97. The molecule has 0 aromatic carbocycles. The van der Waals surface area contributed by atoms with Crippen molar-refractivity contribution in [3.05, 3.63) is 22.3 Å². The summed E-state index contributed by atoms with van der Waals surface area (Å²) < 4.78 is 10.1. The van der Waals surface area contributed by atoms with Crippen LogP contribution in [0.25, 0.3) is 10.7 Å². The number of hydrogen-bond donors (Lipinski definition) is 0. The van der Waals surface area contributed by atoms with E-state index in [0.29, 0.717) is 19.3 Å². The Morgan fingerprint density at radius 1 is 1.35 bits per heavy atom. The first-order chi connectivity index (χ1) is 12.7. The van der Waals surface area contributed by atoms with Gasteiger partial charge in [-0.25, -0.2) is 4.68 Å². The van der Waals surface area contributed by atoms with E-state index in [1.165, 1.54) is 17.7 Å². The Morgan fingerprint density at radius 2 is 2.12 bits per heavy atom. The van der Waals surface area contributed by atoms with E-state index in [1.807, 2.05) is 11.6 Å². The molecule has 0 unspecified atom stereocenters. The molecule has 140 valence electrons. The van der Waals surface area contributed by atoms with Crippen molar-refractivity contribution in [3.8, 4) is 10.7 Å². The number of rotatable bonds is 6. The van der Waals surface area contributed by atoms with Crippen LogP contribution in [0.3, 0.4) is 0 Å². The van der Waals surface area contributed by atoms with Crippen molar-refractivity contribution in [1.29, 1.82) is 0 Å². The Balaban J connectivity index is 1.47. The number of ether oxygens (including phenoxy) is 1. The van der Waals surface area contributed by atoms with Gasteiger partial charge in [-0.05, 0) is 56.3 Å². The molecule has 0 spiro atoms. The van der Waals surface area contributed by atoms with Gasteiger partial charge < -0.3 is 4.74 Å². The number of piperidine rings is 1. The molecule has 0 amide bonds. The average Bonchev–Trinajstić information content (AvgIpc) is 3.22. The molecule has 2 fully saturated rings. The van der Waals surface area contributed by atoms with Gasteiger partial charge in [-0.3, -0.25) is 14.3 Å². The third kappa shape index (κ3) is 3.63. The lowest BCUT2D eigenvalue weighted by Crippen LogP contribution is -2.38. The van der Waals surface area contributed by atoms with E-state index in [0.717, 1.165) is 36.5 Å². The summed E-state index contributed by atoms with van der Waals surface area (Å²) in [7, 11) is 0. The molecule has 0 bridgehead atoms. The van der Waals surface area contributed by atoms with Crippen molar-refractivity contribution >= 4 is 29.5 Å². The molecular weight excluding hydrogens is 368 g/mol. The van der Waals surface area contributed by atoms with Crippen LogP contribution in [0.4, 0.5) is 0 Å². The number of thiophene rings is 1. The summed E-state index contributed by atoms with van der Waals surface area (Å²) in [4.78, 5) is 15.4. The van der Waals surface area contributed by atoms with Crippen LogP contribution in [0.5, 0.6) is 0 Å². The van der Waals surface area contributed by atoms with Crippen LogP contribution < -0.4 is 0 Å². The highest BCUT2D eigenvalue weighted by Crippen LogP contribution is 2.39. The van der Waals surface area contributed by atoms with Gasteiger partial charge in [0.25, 0.3) is 0 Å². The Labute approximate surface area is 162 Å². The SMILES string of the molecule is CCOC(=O)C1CCN(Cn2nc(-c3cccs3)n(C3CC3)c2=S)CC1. The smallest absolute Gasteiger partial charge is 0.309 e. The van der Waals surface area contributed by atoms with Crippen LogP contribution in [-0.4, -0.2) is 44.9 Å². The van der Waals surface area contributed by atoms with Gasteiger partial charge in [-0.1, -0.05) is 6.07 Å². The molecule has 0 N–H and O–H groups in total. The topological polar surface area (TPSA) is 52.3 Å².